The van der Waals surface area contributed by atoms with Crippen molar-refractivity contribution in [3.8, 4) is 0 Å². The van der Waals surface area contributed by atoms with Gasteiger partial charge < -0.3 is 9.84 Å². The van der Waals surface area contributed by atoms with Crippen LogP contribution in [-0.2, 0) is 11.2 Å². The van der Waals surface area contributed by atoms with E-state index in [0.29, 0.717) is 16.6 Å². The van der Waals surface area contributed by atoms with Crippen molar-refractivity contribution in [3.05, 3.63) is 34.1 Å². The third-order valence-corrected chi connectivity index (χ3v) is 4.13. The van der Waals surface area contributed by atoms with E-state index >= 15 is 0 Å². The molecule has 1 heterocycles. The fourth-order valence-corrected chi connectivity index (χ4v) is 2.66. The molecule has 2 atom stereocenters. The van der Waals surface area contributed by atoms with Crippen LogP contribution in [0.25, 0.3) is 0 Å². The zero-order chi connectivity index (χ0) is 13.2. The van der Waals surface area contributed by atoms with Gasteiger partial charge in [0.15, 0.2) is 0 Å². The van der Waals surface area contributed by atoms with Crippen LogP contribution in [0.2, 0.25) is 0 Å². The topological polar surface area (TPSA) is 29.5 Å². The van der Waals surface area contributed by atoms with Gasteiger partial charge in [-0.25, -0.2) is 4.39 Å². The van der Waals surface area contributed by atoms with E-state index in [0.717, 1.165) is 19.3 Å². The van der Waals surface area contributed by atoms with Crippen LogP contribution in [0.5, 0.6) is 0 Å². The van der Waals surface area contributed by atoms with Crippen molar-refractivity contribution < 1.29 is 14.2 Å². The third-order valence-electron chi connectivity index (χ3n) is 3.63. The molecule has 1 aliphatic heterocycles. The number of hydrogen-bond acceptors (Lipinski definition) is 2. The Morgan fingerprint density at radius 3 is 2.89 bits per heavy atom. The summed E-state index contributed by atoms with van der Waals surface area (Å²) in [5.41, 5.74) is -0.0151. The maximum absolute atomic E-state index is 13.7. The van der Waals surface area contributed by atoms with Gasteiger partial charge in [0.05, 0.1) is 11.7 Å². The van der Waals surface area contributed by atoms with E-state index in [4.69, 9.17) is 4.74 Å². The molecule has 1 N–H and O–H groups in total. The number of hydrogen-bond donors (Lipinski definition) is 1. The first-order valence-corrected chi connectivity index (χ1v) is 7.06. The first-order valence-electron chi connectivity index (χ1n) is 6.27. The Balaban J connectivity index is 2.08. The molecule has 1 fully saturated rings. The molecule has 2 unspecified atom stereocenters. The van der Waals surface area contributed by atoms with Crippen molar-refractivity contribution in [1.29, 1.82) is 0 Å². The normalized spacial score (nSPS) is 26.0. The predicted octanol–water partition coefficient (Wildman–Crippen LogP) is 3.45. The van der Waals surface area contributed by atoms with E-state index in [1.54, 1.807) is 12.1 Å². The van der Waals surface area contributed by atoms with Gasteiger partial charge >= 0.3 is 0 Å². The maximum Gasteiger partial charge on any atom is 0.127 e. The lowest BCUT2D eigenvalue weighted by Gasteiger charge is -2.38. The molecule has 0 saturated carbocycles. The van der Waals surface area contributed by atoms with Crippen LogP contribution in [0.15, 0.2) is 22.7 Å². The average Bonchev–Trinajstić information content (AvgIpc) is 2.33. The highest BCUT2D eigenvalue weighted by atomic mass is 79.9. The lowest BCUT2D eigenvalue weighted by atomic mass is 9.87. The van der Waals surface area contributed by atoms with Gasteiger partial charge in [0.2, 0.25) is 0 Å². The Hall–Kier alpha value is -0.450. The van der Waals surface area contributed by atoms with Gasteiger partial charge in [0.25, 0.3) is 0 Å². The minimum absolute atomic E-state index is 0.287. The van der Waals surface area contributed by atoms with E-state index in [2.05, 4.69) is 15.9 Å². The molecule has 1 aromatic rings. The van der Waals surface area contributed by atoms with Crippen LogP contribution >= 0.6 is 15.9 Å². The van der Waals surface area contributed by atoms with Crippen LogP contribution in [0.1, 0.15) is 31.7 Å². The molecule has 18 heavy (non-hydrogen) atoms. The van der Waals surface area contributed by atoms with Gasteiger partial charge in [-0.2, -0.15) is 0 Å². The van der Waals surface area contributed by atoms with Gasteiger partial charge in [-0.05, 0) is 43.9 Å². The summed E-state index contributed by atoms with van der Waals surface area (Å²) < 4.78 is 20.1. The van der Waals surface area contributed by atoms with Gasteiger partial charge in [-0.1, -0.05) is 22.0 Å². The van der Waals surface area contributed by atoms with E-state index in [9.17, 15) is 9.50 Å². The number of halogens is 2. The Labute approximate surface area is 115 Å². The average molecular weight is 317 g/mol. The van der Waals surface area contributed by atoms with Crippen LogP contribution < -0.4 is 0 Å². The molecule has 4 heteroatoms. The number of aliphatic hydroxyl groups is 1. The van der Waals surface area contributed by atoms with Crippen molar-refractivity contribution in [1.82, 2.24) is 0 Å². The van der Waals surface area contributed by atoms with Crippen molar-refractivity contribution in [3.63, 3.8) is 0 Å². The summed E-state index contributed by atoms with van der Waals surface area (Å²) in [6.45, 7) is 2.59. The minimum atomic E-state index is -0.673. The molecule has 0 spiro atoms. The summed E-state index contributed by atoms with van der Waals surface area (Å²) in [6.07, 6.45) is 2.53. The number of rotatable bonds is 3. The molecule has 1 aromatic carbocycles. The quantitative estimate of drug-likeness (QED) is 0.925. The smallest absolute Gasteiger partial charge is 0.127 e. The Morgan fingerprint density at radius 2 is 2.28 bits per heavy atom. The molecule has 0 radical (unpaired) electrons. The standard InChI is InChI=1S/C14H18BrFO2/c1-14(6-2-3-7-18-14)13(17)8-10-4-5-11(15)9-12(10)16/h4-5,9,13,17H,2-3,6-8H2,1H3. The molecule has 0 aliphatic carbocycles. The maximum atomic E-state index is 13.7. The fraction of sp³-hybridized carbons (Fsp3) is 0.571. The second-order valence-corrected chi connectivity index (χ2v) is 5.99. The molecule has 1 aliphatic rings. The van der Waals surface area contributed by atoms with Crippen LogP contribution in [-0.4, -0.2) is 23.4 Å². The lowest BCUT2D eigenvalue weighted by molar-refractivity contribution is -0.135. The van der Waals surface area contributed by atoms with Crippen molar-refractivity contribution >= 4 is 15.9 Å². The largest absolute Gasteiger partial charge is 0.390 e. The Kier molecular flexibility index (Phi) is 4.41. The molecule has 2 nitrogen and oxygen atoms in total. The zero-order valence-corrected chi connectivity index (χ0v) is 12.0. The van der Waals surface area contributed by atoms with E-state index in [1.807, 2.05) is 6.92 Å². The summed E-state index contributed by atoms with van der Waals surface area (Å²) in [7, 11) is 0. The first kappa shape index (κ1) is 14.0. The fourth-order valence-electron chi connectivity index (χ4n) is 2.33. The van der Waals surface area contributed by atoms with Crippen LogP contribution in [0.3, 0.4) is 0 Å². The molecule has 0 aromatic heterocycles. The highest BCUT2D eigenvalue weighted by Gasteiger charge is 2.36. The molecule has 1 saturated heterocycles. The second-order valence-electron chi connectivity index (χ2n) is 5.07. The van der Waals surface area contributed by atoms with Gasteiger partial charge in [-0.3, -0.25) is 0 Å². The molecule has 0 amide bonds. The van der Waals surface area contributed by atoms with Crippen molar-refractivity contribution in [2.75, 3.05) is 6.61 Å². The molecular formula is C14H18BrFO2. The highest BCUT2D eigenvalue weighted by molar-refractivity contribution is 9.10. The van der Waals surface area contributed by atoms with E-state index in [-0.39, 0.29) is 12.2 Å². The summed E-state index contributed by atoms with van der Waals surface area (Å²) in [6, 6.07) is 4.91. The highest BCUT2D eigenvalue weighted by Crippen LogP contribution is 2.30. The molecule has 0 bridgehead atoms. The Morgan fingerprint density at radius 1 is 1.50 bits per heavy atom. The molecular weight excluding hydrogens is 299 g/mol. The van der Waals surface area contributed by atoms with E-state index < -0.39 is 11.7 Å². The number of aliphatic hydroxyl groups excluding tert-OH is 1. The van der Waals surface area contributed by atoms with Crippen molar-refractivity contribution in [2.45, 2.75) is 44.3 Å². The predicted molar refractivity (Wildman–Crippen MR) is 72.0 cm³/mol. The molecule has 2 rings (SSSR count). The second kappa shape index (κ2) is 5.68. The zero-order valence-electron chi connectivity index (χ0n) is 10.5. The SMILES string of the molecule is CC1(C(O)Cc2ccc(Br)cc2F)CCCCO1. The summed E-state index contributed by atoms with van der Waals surface area (Å²) >= 11 is 3.22. The van der Waals surface area contributed by atoms with Crippen molar-refractivity contribution in [2.24, 2.45) is 0 Å². The Bertz CT molecular complexity index is 416. The van der Waals surface area contributed by atoms with Crippen LogP contribution in [0, 0.1) is 5.82 Å². The lowest BCUT2D eigenvalue weighted by Crippen LogP contribution is -2.45. The summed E-state index contributed by atoms with van der Waals surface area (Å²) in [5, 5.41) is 10.3. The first-order chi connectivity index (χ1) is 8.51. The van der Waals surface area contributed by atoms with Gasteiger partial charge in [-0.15, -0.1) is 0 Å². The number of benzene rings is 1. The third kappa shape index (κ3) is 3.11. The van der Waals surface area contributed by atoms with Gasteiger partial charge in [0, 0.05) is 17.5 Å². The summed E-state index contributed by atoms with van der Waals surface area (Å²) in [5.74, 6) is -0.289. The summed E-state index contributed by atoms with van der Waals surface area (Å²) in [4.78, 5) is 0. The van der Waals surface area contributed by atoms with Gasteiger partial charge in [0.1, 0.15) is 5.82 Å². The monoisotopic (exact) mass is 316 g/mol. The number of ether oxygens (including phenoxy) is 1. The van der Waals surface area contributed by atoms with Crippen LogP contribution in [0.4, 0.5) is 4.39 Å². The molecule has 100 valence electrons. The van der Waals surface area contributed by atoms with E-state index in [1.165, 1.54) is 6.07 Å². The minimum Gasteiger partial charge on any atom is -0.390 e.